The summed E-state index contributed by atoms with van der Waals surface area (Å²) in [5, 5.41) is 10.7. The Balaban J connectivity index is 0. The van der Waals surface area contributed by atoms with Crippen molar-refractivity contribution < 1.29 is 9.90 Å². The van der Waals surface area contributed by atoms with Gasteiger partial charge in [0.1, 0.15) is 6.34 Å². The lowest BCUT2D eigenvalue weighted by atomic mass is 10.9. The number of nitrogens with two attached hydrogens (primary N) is 2. The zero-order chi connectivity index (χ0) is 8.41. The van der Waals surface area contributed by atoms with Crippen molar-refractivity contribution in [2.45, 2.75) is 6.92 Å². The molecule has 0 amide bonds. The van der Waals surface area contributed by atoms with Crippen molar-refractivity contribution in [2.75, 3.05) is 0 Å². The van der Waals surface area contributed by atoms with Crippen LogP contribution in [0.3, 0.4) is 0 Å². The second kappa shape index (κ2) is 10.6. The van der Waals surface area contributed by atoms with Gasteiger partial charge in [-0.05, 0) is 0 Å². The molecule has 0 radical (unpaired) electrons. The maximum Gasteiger partial charge on any atom is 0.300 e. The third-order valence-electron chi connectivity index (χ3n) is 0.214. The summed E-state index contributed by atoms with van der Waals surface area (Å²) in [4.78, 5) is 9.00. The highest BCUT2D eigenvalue weighted by molar-refractivity contribution is 5.62. The van der Waals surface area contributed by atoms with E-state index in [1.165, 1.54) is 6.34 Å². The molecule has 0 aliphatic rings. The Morgan fingerprint density at radius 2 is 2.10 bits per heavy atom. The van der Waals surface area contributed by atoms with E-state index in [1.54, 1.807) is 0 Å². The predicted octanol–water partition coefficient (Wildman–Crippen LogP) is -2.05. The minimum absolute atomic E-state index is 0.833. The first-order valence-electron chi connectivity index (χ1n) is 2.28. The van der Waals surface area contributed by atoms with Crippen molar-refractivity contribution in [2.24, 2.45) is 16.8 Å². The molecule has 0 aliphatic carbocycles. The number of nitrogens with one attached hydrogen (secondary N) is 2. The van der Waals surface area contributed by atoms with Crippen molar-refractivity contribution in [1.29, 1.82) is 0 Å². The molecule has 0 aromatic rings. The van der Waals surface area contributed by atoms with Crippen LogP contribution in [0.4, 0.5) is 0 Å². The highest BCUT2D eigenvalue weighted by Gasteiger charge is 1.65. The first kappa shape index (κ1) is 11.5. The molecule has 7 heteroatoms. The summed E-state index contributed by atoms with van der Waals surface area (Å²) in [5.41, 5.74) is 4.13. The molecule has 10 heavy (non-hydrogen) atoms. The minimum atomic E-state index is -0.833. The largest absolute Gasteiger partial charge is 0.481 e. The number of hydrazone groups is 1. The van der Waals surface area contributed by atoms with Gasteiger partial charge in [-0.15, -0.1) is 0 Å². The van der Waals surface area contributed by atoms with Gasteiger partial charge in [0.25, 0.3) is 5.97 Å². The van der Waals surface area contributed by atoms with Crippen LogP contribution in [0.1, 0.15) is 6.92 Å². The van der Waals surface area contributed by atoms with Crippen LogP contribution in [-0.2, 0) is 4.79 Å². The fraction of sp³-hybridized carbons (Fsp3) is 0.333. The van der Waals surface area contributed by atoms with Crippen molar-refractivity contribution in [3.8, 4) is 0 Å². The van der Waals surface area contributed by atoms with Gasteiger partial charge in [-0.1, -0.05) is 0 Å². The van der Waals surface area contributed by atoms with E-state index >= 15 is 0 Å². The lowest BCUT2D eigenvalue weighted by molar-refractivity contribution is -0.134. The first-order chi connectivity index (χ1) is 4.65. The van der Waals surface area contributed by atoms with Gasteiger partial charge in [0.15, 0.2) is 0 Å². The van der Waals surface area contributed by atoms with Gasteiger partial charge in [0, 0.05) is 6.92 Å². The zero-order valence-corrected chi connectivity index (χ0v) is 5.53. The van der Waals surface area contributed by atoms with Gasteiger partial charge in [-0.25, -0.2) is 17.2 Å². The number of carboxylic acids is 1. The maximum atomic E-state index is 9.00. The van der Waals surface area contributed by atoms with Crippen LogP contribution in [0.2, 0.25) is 0 Å². The molecule has 0 saturated carbocycles. The van der Waals surface area contributed by atoms with E-state index in [9.17, 15) is 0 Å². The number of nitrogens with zero attached hydrogens (tertiary/aromatic N) is 1. The van der Waals surface area contributed by atoms with Gasteiger partial charge in [-0.3, -0.25) is 4.79 Å². The van der Waals surface area contributed by atoms with Crippen LogP contribution < -0.4 is 22.6 Å². The molecule has 60 valence electrons. The number of aliphatic carboxylic acids is 1. The predicted molar refractivity (Wildman–Crippen MR) is 36.4 cm³/mol. The minimum Gasteiger partial charge on any atom is -0.481 e. The SMILES string of the molecule is CC(=O)O.NNC=NNN. The van der Waals surface area contributed by atoms with Crippen molar-refractivity contribution in [3.05, 3.63) is 0 Å². The van der Waals surface area contributed by atoms with E-state index in [1.807, 2.05) is 5.53 Å². The van der Waals surface area contributed by atoms with E-state index < -0.39 is 5.97 Å². The van der Waals surface area contributed by atoms with Crippen LogP contribution in [0.25, 0.3) is 0 Å². The molecule has 0 rings (SSSR count). The third-order valence-corrected chi connectivity index (χ3v) is 0.214. The van der Waals surface area contributed by atoms with Crippen molar-refractivity contribution in [1.82, 2.24) is 11.0 Å². The summed E-state index contributed by atoms with van der Waals surface area (Å²) in [6.07, 6.45) is 1.22. The Morgan fingerprint density at radius 1 is 1.70 bits per heavy atom. The quantitative estimate of drug-likeness (QED) is 0.133. The van der Waals surface area contributed by atoms with Crippen LogP contribution in [0.15, 0.2) is 5.10 Å². The second-order valence-electron chi connectivity index (χ2n) is 1.07. The van der Waals surface area contributed by atoms with Crippen LogP contribution in [-0.4, -0.2) is 17.4 Å². The molecule has 7 N–H and O–H groups in total. The molecule has 0 heterocycles. The normalized spacial score (nSPS) is 7.90. The molecule has 0 unspecified atom stereocenters. The average molecular weight is 149 g/mol. The van der Waals surface area contributed by atoms with Crippen LogP contribution in [0.5, 0.6) is 0 Å². The highest BCUT2D eigenvalue weighted by atomic mass is 16.4. The summed E-state index contributed by atoms with van der Waals surface area (Å²) in [6, 6.07) is 0. The zero-order valence-electron chi connectivity index (χ0n) is 5.53. The number of rotatable bonds is 2. The van der Waals surface area contributed by atoms with Gasteiger partial charge in [0.05, 0.1) is 0 Å². The van der Waals surface area contributed by atoms with E-state index in [0.29, 0.717) is 0 Å². The van der Waals surface area contributed by atoms with E-state index in [-0.39, 0.29) is 0 Å². The molecular weight excluding hydrogens is 138 g/mol. The van der Waals surface area contributed by atoms with Gasteiger partial charge < -0.3 is 10.5 Å². The Hall–Kier alpha value is -1.34. The second-order valence-corrected chi connectivity index (χ2v) is 1.07. The van der Waals surface area contributed by atoms with E-state index in [2.05, 4.69) is 16.4 Å². The van der Waals surface area contributed by atoms with E-state index in [4.69, 9.17) is 15.7 Å². The monoisotopic (exact) mass is 149 g/mol. The van der Waals surface area contributed by atoms with Gasteiger partial charge in [-0.2, -0.15) is 5.10 Å². The summed E-state index contributed by atoms with van der Waals surface area (Å²) >= 11 is 0. The fourth-order valence-corrected chi connectivity index (χ4v) is 0.0745. The Labute approximate surface area is 58.0 Å². The summed E-state index contributed by atoms with van der Waals surface area (Å²) in [7, 11) is 0. The number of carbonyl (C=O) groups is 1. The maximum absolute atomic E-state index is 9.00. The fourth-order valence-electron chi connectivity index (χ4n) is 0.0745. The molecule has 7 nitrogen and oxygen atoms in total. The van der Waals surface area contributed by atoms with Crippen molar-refractivity contribution >= 4 is 12.3 Å². The summed E-state index contributed by atoms with van der Waals surface area (Å²) in [6.45, 7) is 1.08. The topological polar surface area (TPSA) is 126 Å². The van der Waals surface area contributed by atoms with E-state index in [0.717, 1.165) is 6.92 Å². The van der Waals surface area contributed by atoms with Gasteiger partial charge >= 0.3 is 0 Å². The smallest absolute Gasteiger partial charge is 0.300 e. The average Bonchev–Trinajstić information content (AvgIpc) is 1.82. The molecule has 0 saturated heterocycles. The molecular formula is C3H11N5O2. The third kappa shape index (κ3) is 77.4. The summed E-state index contributed by atoms with van der Waals surface area (Å²) < 4.78 is 0. The standard InChI is InChI=1S/C2H4O2.CH7N5/c1-2(3)4;2-4-1-5-6-3/h1H3,(H,3,4);1,6H,2-3H2,(H,4,5). The van der Waals surface area contributed by atoms with Crippen molar-refractivity contribution in [3.63, 3.8) is 0 Å². The lowest BCUT2D eigenvalue weighted by Gasteiger charge is -1.82. The number of hydrazine groups is 2. The molecule has 0 spiro atoms. The van der Waals surface area contributed by atoms with Crippen LogP contribution >= 0.6 is 0 Å². The Bertz CT molecular complexity index is 93.1. The Morgan fingerprint density at radius 3 is 2.20 bits per heavy atom. The number of hydrogen-bond acceptors (Lipinski definition) is 5. The number of hydrogen-bond donors (Lipinski definition) is 5. The molecule has 0 bridgehead atoms. The molecule has 0 aromatic carbocycles. The molecule has 0 atom stereocenters. The first-order valence-corrected chi connectivity index (χ1v) is 2.28. The molecule has 0 aliphatic heterocycles. The number of carboxylic acid groups (broad SMARTS) is 1. The summed E-state index contributed by atoms with van der Waals surface area (Å²) in [5.74, 6) is 8.56. The molecule has 0 fully saturated rings. The Kier molecular flexibility index (Phi) is 12.1. The highest BCUT2D eigenvalue weighted by Crippen LogP contribution is 1.42. The van der Waals surface area contributed by atoms with Gasteiger partial charge in [0.2, 0.25) is 0 Å². The lowest BCUT2D eigenvalue weighted by Crippen LogP contribution is -2.23. The molecule has 0 aromatic heterocycles. The van der Waals surface area contributed by atoms with Crippen LogP contribution in [0, 0.1) is 0 Å².